The summed E-state index contributed by atoms with van der Waals surface area (Å²) in [4.78, 5) is 18.0. The van der Waals surface area contributed by atoms with Crippen LogP contribution in [0.5, 0.6) is 0 Å². The zero-order valence-electron chi connectivity index (χ0n) is 10.8. The Bertz CT molecular complexity index is 607. The van der Waals surface area contributed by atoms with E-state index in [0.717, 1.165) is 5.69 Å². The van der Waals surface area contributed by atoms with Gasteiger partial charge in [0, 0.05) is 31.9 Å². The van der Waals surface area contributed by atoms with Crippen molar-refractivity contribution in [1.82, 2.24) is 20.1 Å². The van der Waals surface area contributed by atoms with E-state index in [0.29, 0.717) is 13.0 Å². The molecule has 0 aliphatic rings. The molecule has 0 aliphatic carbocycles. The molecule has 2 rings (SSSR count). The number of hydrogen-bond donors (Lipinski definition) is 0. The maximum Gasteiger partial charge on any atom is 0.256 e. The summed E-state index contributed by atoms with van der Waals surface area (Å²) in [7, 11) is 1.69. The molecule has 104 valence electrons. The predicted molar refractivity (Wildman–Crippen MR) is 77.0 cm³/mol. The molecule has 0 atom stereocenters. The molecule has 0 spiro atoms. The smallest absolute Gasteiger partial charge is 0.256 e. The van der Waals surface area contributed by atoms with Gasteiger partial charge in [0.1, 0.15) is 0 Å². The van der Waals surface area contributed by atoms with Crippen LogP contribution in [0.4, 0.5) is 0 Å². The Balaban J connectivity index is 2.03. The first kappa shape index (κ1) is 14.7. The van der Waals surface area contributed by atoms with Crippen LogP contribution in [-0.4, -0.2) is 39.6 Å². The monoisotopic (exact) mass is 310 g/mol. The van der Waals surface area contributed by atoms with Crippen LogP contribution in [0.25, 0.3) is 0 Å². The number of rotatable bonds is 4. The van der Waals surface area contributed by atoms with Crippen molar-refractivity contribution in [3.63, 3.8) is 0 Å². The second-order valence-corrected chi connectivity index (χ2v) is 4.91. The average molecular weight is 311 g/mol. The number of nitrogens with zero attached hydrogens (tertiary/aromatic N) is 4. The van der Waals surface area contributed by atoms with Crippen LogP contribution < -0.4 is 0 Å². The third-order valence-electron chi connectivity index (χ3n) is 2.73. The van der Waals surface area contributed by atoms with Crippen molar-refractivity contribution in [2.24, 2.45) is 0 Å². The lowest BCUT2D eigenvalue weighted by Crippen LogP contribution is -2.29. The average Bonchev–Trinajstić information content (AvgIpc) is 2.47. The number of carbonyl (C=O) groups excluding carboxylic acids is 1. The number of aromatic nitrogens is 3. The zero-order chi connectivity index (χ0) is 14.5. The first-order valence-electron chi connectivity index (χ1n) is 5.92. The van der Waals surface area contributed by atoms with Crippen molar-refractivity contribution < 1.29 is 4.79 Å². The van der Waals surface area contributed by atoms with Gasteiger partial charge in [-0.1, -0.05) is 29.3 Å². The van der Waals surface area contributed by atoms with Crippen molar-refractivity contribution in [3.8, 4) is 0 Å². The molecule has 0 saturated heterocycles. The molecule has 0 fully saturated rings. The lowest BCUT2D eigenvalue weighted by atomic mass is 10.2. The predicted octanol–water partition coefficient (Wildman–Crippen LogP) is 2.49. The molecule has 0 N–H and O–H groups in total. The fraction of sp³-hybridized carbons (Fsp3) is 0.231. The van der Waals surface area contributed by atoms with E-state index >= 15 is 0 Å². The Morgan fingerprint density at radius 1 is 1.30 bits per heavy atom. The van der Waals surface area contributed by atoms with Crippen LogP contribution >= 0.6 is 23.2 Å². The third kappa shape index (κ3) is 3.65. The summed E-state index contributed by atoms with van der Waals surface area (Å²) in [6.07, 6.45) is 2.38. The third-order valence-corrected chi connectivity index (χ3v) is 3.19. The van der Waals surface area contributed by atoms with Gasteiger partial charge in [0.25, 0.3) is 5.91 Å². The van der Waals surface area contributed by atoms with E-state index in [-0.39, 0.29) is 21.8 Å². The molecule has 0 saturated carbocycles. The molecule has 0 aliphatic heterocycles. The molecule has 2 aromatic heterocycles. The highest BCUT2D eigenvalue weighted by atomic mass is 35.5. The second-order valence-electron chi connectivity index (χ2n) is 4.17. The minimum Gasteiger partial charge on any atom is -0.341 e. The summed E-state index contributed by atoms with van der Waals surface area (Å²) >= 11 is 11.6. The van der Waals surface area contributed by atoms with E-state index in [1.807, 2.05) is 18.2 Å². The SMILES string of the molecule is CN(CCc1ccccn1)C(=O)c1cc(Cl)nnc1Cl. The van der Waals surface area contributed by atoms with Crippen molar-refractivity contribution in [1.29, 1.82) is 0 Å². The highest BCUT2D eigenvalue weighted by Gasteiger charge is 2.17. The van der Waals surface area contributed by atoms with Crippen LogP contribution in [0.2, 0.25) is 10.3 Å². The van der Waals surface area contributed by atoms with Crippen molar-refractivity contribution in [2.45, 2.75) is 6.42 Å². The highest BCUT2D eigenvalue weighted by molar-refractivity contribution is 6.34. The molecule has 0 unspecified atom stereocenters. The molecule has 1 amide bonds. The van der Waals surface area contributed by atoms with Gasteiger partial charge < -0.3 is 4.90 Å². The Morgan fingerprint density at radius 3 is 2.80 bits per heavy atom. The standard InChI is InChI=1S/C13H12Cl2N4O/c1-19(7-5-9-4-2-3-6-16-9)13(20)10-8-11(14)17-18-12(10)15/h2-4,6,8H,5,7H2,1H3. The summed E-state index contributed by atoms with van der Waals surface area (Å²) in [6.45, 7) is 0.520. The Kier molecular flexibility index (Phi) is 4.87. The summed E-state index contributed by atoms with van der Waals surface area (Å²) in [5.74, 6) is -0.247. The van der Waals surface area contributed by atoms with Gasteiger partial charge in [-0.2, -0.15) is 0 Å². The van der Waals surface area contributed by atoms with Gasteiger partial charge in [-0.25, -0.2) is 0 Å². The number of likely N-dealkylation sites (N-methyl/N-ethyl adjacent to an activating group) is 1. The largest absolute Gasteiger partial charge is 0.341 e. The van der Waals surface area contributed by atoms with Crippen LogP contribution in [0, 0.1) is 0 Å². The van der Waals surface area contributed by atoms with Crippen LogP contribution in [0.3, 0.4) is 0 Å². The molecule has 2 heterocycles. The zero-order valence-corrected chi connectivity index (χ0v) is 12.3. The summed E-state index contributed by atoms with van der Waals surface area (Å²) < 4.78 is 0. The Hall–Kier alpha value is -1.72. The molecule has 7 heteroatoms. The van der Waals surface area contributed by atoms with Gasteiger partial charge in [-0.05, 0) is 18.2 Å². The molecule has 20 heavy (non-hydrogen) atoms. The second kappa shape index (κ2) is 6.63. The number of hydrogen-bond acceptors (Lipinski definition) is 4. The molecular formula is C13H12Cl2N4O. The minimum atomic E-state index is -0.247. The fourth-order valence-electron chi connectivity index (χ4n) is 1.64. The summed E-state index contributed by atoms with van der Waals surface area (Å²) in [5.41, 5.74) is 1.17. The van der Waals surface area contributed by atoms with E-state index in [1.165, 1.54) is 6.07 Å². The number of carbonyl (C=O) groups is 1. The van der Waals surface area contributed by atoms with Gasteiger partial charge in [-0.15, -0.1) is 10.2 Å². The number of pyridine rings is 1. The van der Waals surface area contributed by atoms with E-state index in [1.54, 1.807) is 18.1 Å². The molecular weight excluding hydrogens is 299 g/mol. The van der Waals surface area contributed by atoms with Gasteiger partial charge >= 0.3 is 0 Å². The van der Waals surface area contributed by atoms with Crippen LogP contribution in [0.15, 0.2) is 30.5 Å². The molecule has 2 aromatic rings. The molecule has 0 aromatic carbocycles. The molecule has 0 bridgehead atoms. The highest BCUT2D eigenvalue weighted by Crippen LogP contribution is 2.17. The maximum absolute atomic E-state index is 12.2. The topological polar surface area (TPSA) is 59.0 Å². The van der Waals surface area contributed by atoms with Gasteiger partial charge in [0.05, 0.1) is 5.56 Å². The lowest BCUT2D eigenvalue weighted by molar-refractivity contribution is 0.0796. The number of amides is 1. The normalized spacial score (nSPS) is 10.3. The quantitative estimate of drug-likeness (QED) is 0.870. The first-order valence-corrected chi connectivity index (χ1v) is 6.67. The van der Waals surface area contributed by atoms with Crippen molar-refractivity contribution in [3.05, 3.63) is 52.0 Å². The summed E-state index contributed by atoms with van der Waals surface area (Å²) in [6, 6.07) is 7.09. The van der Waals surface area contributed by atoms with Crippen molar-refractivity contribution in [2.75, 3.05) is 13.6 Å². The van der Waals surface area contributed by atoms with Crippen LogP contribution in [-0.2, 0) is 6.42 Å². The Morgan fingerprint density at radius 2 is 2.10 bits per heavy atom. The molecule has 5 nitrogen and oxygen atoms in total. The molecule has 0 radical (unpaired) electrons. The van der Waals surface area contributed by atoms with E-state index in [4.69, 9.17) is 23.2 Å². The number of halogens is 2. The first-order chi connectivity index (χ1) is 9.58. The van der Waals surface area contributed by atoms with Gasteiger partial charge in [0.2, 0.25) is 0 Å². The van der Waals surface area contributed by atoms with Gasteiger partial charge in [-0.3, -0.25) is 9.78 Å². The van der Waals surface area contributed by atoms with Gasteiger partial charge in [0.15, 0.2) is 10.3 Å². The fourth-order valence-corrected chi connectivity index (χ4v) is 1.96. The van der Waals surface area contributed by atoms with E-state index in [2.05, 4.69) is 15.2 Å². The minimum absolute atomic E-state index is 0.0455. The lowest BCUT2D eigenvalue weighted by Gasteiger charge is -2.17. The maximum atomic E-state index is 12.2. The van der Waals surface area contributed by atoms with E-state index < -0.39 is 0 Å². The van der Waals surface area contributed by atoms with Crippen molar-refractivity contribution >= 4 is 29.1 Å². The van der Waals surface area contributed by atoms with Crippen LogP contribution in [0.1, 0.15) is 16.1 Å². The van der Waals surface area contributed by atoms with E-state index in [9.17, 15) is 4.79 Å². The summed E-state index contributed by atoms with van der Waals surface area (Å²) in [5, 5.41) is 7.38. The Labute approximate surface area is 126 Å².